The molecule has 0 atom stereocenters. The SMILES string of the molecule is Cc1nn(-c2ccccc2)c(C)c1CNC(=O)N1CCOC(C)(C)C1. The van der Waals surface area contributed by atoms with Gasteiger partial charge in [0.1, 0.15) is 0 Å². The lowest BCUT2D eigenvalue weighted by atomic mass is 10.1. The number of ether oxygens (including phenoxy) is 1. The molecule has 25 heavy (non-hydrogen) atoms. The molecule has 6 nitrogen and oxygen atoms in total. The second-order valence-corrected chi connectivity index (χ2v) is 7.09. The van der Waals surface area contributed by atoms with Crippen molar-refractivity contribution in [1.82, 2.24) is 20.0 Å². The summed E-state index contributed by atoms with van der Waals surface area (Å²) in [5.41, 5.74) is 3.77. The van der Waals surface area contributed by atoms with Gasteiger partial charge in [0.05, 0.1) is 30.1 Å². The van der Waals surface area contributed by atoms with Crippen molar-refractivity contribution in [3.8, 4) is 5.69 Å². The van der Waals surface area contributed by atoms with Crippen molar-refractivity contribution in [2.45, 2.75) is 39.8 Å². The van der Waals surface area contributed by atoms with E-state index in [1.807, 2.05) is 67.6 Å². The standard InChI is InChI=1S/C19H26N4O2/c1-14-17(15(2)23(21-14)16-8-6-5-7-9-16)12-20-18(24)22-10-11-25-19(3,4)13-22/h5-9H,10-13H2,1-4H3,(H,20,24). The maximum Gasteiger partial charge on any atom is 0.317 e. The molecule has 0 unspecified atom stereocenters. The molecule has 2 aromatic rings. The van der Waals surface area contributed by atoms with Crippen molar-refractivity contribution in [2.24, 2.45) is 0 Å². The van der Waals surface area contributed by atoms with Crippen molar-refractivity contribution in [3.05, 3.63) is 47.3 Å². The van der Waals surface area contributed by atoms with Gasteiger partial charge in [-0.3, -0.25) is 0 Å². The van der Waals surface area contributed by atoms with Crippen LogP contribution >= 0.6 is 0 Å². The van der Waals surface area contributed by atoms with Gasteiger partial charge in [0.15, 0.2) is 0 Å². The van der Waals surface area contributed by atoms with Crippen LogP contribution in [0.4, 0.5) is 4.79 Å². The minimum Gasteiger partial charge on any atom is -0.372 e. The van der Waals surface area contributed by atoms with E-state index < -0.39 is 0 Å². The van der Waals surface area contributed by atoms with Crippen LogP contribution in [0.15, 0.2) is 30.3 Å². The van der Waals surface area contributed by atoms with Gasteiger partial charge in [-0.1, -0.05) is 18.2 Å². The first-order valence-electron chi connectivity index (χ1n) is 8.65. The number of rotatable bonds is 3. The molecule has 1 N–H and O–H groups in total. The Morgan fingerprint density at radius 1 is 1.28 bits per heavy atom. The minimum atomic E-state index is -0.292. The predicted molar refractivity (Wildman–Crippen MR) is 96.9 cm³/mol. The van der Waals surface area contributed by atoms with Gasteiger partial charge >= 0.3 is 6.03 Å². The molecule has 0 radical (unpaired) electrons. The fourth-order valence-corrected chi connectivity index (χ4v) is 3.22. The number of nitrogens with one attached hydrogen (secondary N) is 1. The van der Waals surface area contributed by atoms with E-state index in [4.69, 9.17) is 4.74 Å². The topological polar surface area (TPSA) is 59.4 Å². The lowest BCUT2D eigenvalue weighted by molar-refractivity contribution is -0.0733. The summed E-state index contributed by atoms with van der Waals surface area (Å²) < 4.78 is 7.59. The van der Waals surface area contributed by atoms with Gasteiger partial charge in [-0.15, -0.1) is 0 Å². The molecular formula is C19H26N4O2. The molecule has 134 valence electrons. The van der Waals surface area contributed by atoms with E-state index in [9.17, 15) is 4.79 Å². The smallest absolute Gasteiger partial charge is 0.317 e. The second-order valence-electron chi connectivity index (χ2n) is 7.09. The Labute approximate surface area is 148 Å². The Morgan fingerprint density at radius 3 is 2.68 bits per heavy atom. The number of amides is 2. The van der Waals surface area contributed by atoms with Gasteiger partial charge in [0.2, 0.25) is 0 Å². The largest absolute Gasteiger partial charge is 0.372 e. The molecule has 1 aromatic heterocycles. The van der Waals surface area contributed by atoms with E-state index in [0.29, 0.717) is 26.2 Å². The second kappa shape index (κ2) is 6.88. The van der Waals surface area contributed by atoms with Gasteiger partial charge < -0.3 is 15.0 Å². The number of nitrogens with zero attached hydrogens (tertiary/aromatic N) is 3. The van der Waals surface area contributed by atoms with Crippen LogP contribution < -0.4 is 5.32 Å². The van der Waals surface area contributed by atoms with Crippen molar-refractivity contribution in [3.63, 3.8) is 0 Å². The summed E-state index contributed by atoms with van der Waals surface area (Å²) in [6.07, 6.45) is 0. The molecule has 1 aliphatic rings. The molecular weight excluding hydrogens is 316 g/mol. The summed E-state index contributed by atoms with van der Waals surface area (Å²) in [6, 6.07) is 9.97. The van der Waals surface area contributed by atoms with Crippen LogP contribution in [0.5, 0.6) is 0 Å². The highest BCUT2D eigenvalue weighted by Crippen LogP contribution is 2.19. The van der Waals surface area contributed by atoms with Crippen molar-refractivity contribution in [2.75, 3.05) is 19.7 Å². The monoisotopic (exact) mass is 342 g/mol. The maximum atomic E-state index is 12.5. The third-order valence-electron chi connectivity index (χ3n) is 4.57. The third-order valence-corrected chi connectivity index (χ3v) is 4.57. The molecule has 2 amide bonds. The van der Waals surface area contributed by atoms with Gasteiger partial charge in [-0.2, -0.15) is 5.10 Å². The van der Waals surface area contributed by atoms with Gasteiger partial charge in [0.25, 0.3) is 0 Å². The third kappa shape index (κ3) is 3.85. The first kappa shape index (κ1) is 17.5. The molecule has 0 saturated carbocycles. The number of para-hydroxylation sites is 1. The normalized spacial score (nSPS) is 16.7. The Bertz CT molecular complexity index is 752. The summed E-state index contributed by atoms with van der Waals surface area (Å²) >= 11 is 0. The van der Waals surface area contributed by atoms with Crippen LogP contribution in [-0.4, -0.2) is 46.0 Å². The molecule has 0 bridgehead atoms. The summed E-state index contributed by atoms with van der Waals surface area (Å²) in [7, 11) is 0. The molecule has 1 saturated heterocycles. The number of urea groups is 1. The summed E-state index contributed by atoms with van der Waals surface area (Å²) in [5.74, 6) is 0. The van der Waals surface area contributed by atoms with Crippen LogP contribution in [0.1, 0.15) is 30.8 Å². The zero-order valence-corrected chi connectivity index (χ0v) is 15.4. The highest BCUT2D eigenvalue weighted by Gasteiger charge is 2.30. The van der Waals surface area contributed by atoms with Gasteiger partial charge in [-0.25, -0.2) is 9.48 Å². The first-order valence-corrected chi connectivity index (χ1v) is 8.65. The number of carbonyl (C=O) groups excluding carboxylic acids is 1. The number of hydrogen-bond acceptors (Lipinski definition) is 3. The molecule has 1 fully saturated rings. The molecule has 0 aliphatic carbocycles. The molecule has 1 aromatic carbocycles. The molecule has 6 heteroatoms. The average Bonchev–Trinajstić information content (AvgIpc) is 2.87. The number of aromatic nitrogens is 2. The highest BCUT2D eigenvalue weighted by atomic mass is 16.5. The number of benzene rings is 1. The van der Waals surface area contributed by atoms with Crippen LogP contribution in [0.3, 0.4) is 0 Å². The van der Waals surface area contributed by atoms with Crippen molar-refractivity contribution < 1.29 is 9.53 Å². The van der Waals surface area contributed by atoms with E-state index in [-0.39, 0.29) is 11.6 Å². The van der Waals surface area contributed by atoms with Crippen molar-refractivity contribution in [1.29, 1.82) is 0 Å². The quantitative estimate of drug-likeness (QED) is 0.933. The fourth-order valence-electron chi connectivity index (χ4n) is 3.22. The van der Waals surface area contributed by atoms with E-state index in [1.54, 1.807) is 0 Å². The zero-order valence-electron chi connectivity index (χ0n) is 15.4. The zero-order chi connectivity index (χ0) is 18.0. The minimum absolute atomic E-state index is 0.0531. The molecule has 1 aliphatic heterocycles. The molecule has 2 heterocycles. The predicted octanol–water partition coefficient (Wildman–Crippen LogP) is 2.81. The lowest BCUT2D eigenvalue weighted by Gasteiger charge is -2.38. The van der Waals surface area contributed by atoms with E-state index in [1.165, 1.54) is 0 Å². The van der Waals surface area contributed by atoms with Gasteiger partial charge in [-0.05, 0) is 39.8 Å². The average molecular weight is 342 g/mol. The Balaban J connectivity index is 1.69. The van der Waals surface area contributed by atoms with E-state index >= 15 is 0 Å². The number of aryl methyl sites for hydroxylation is 1. The van der Waals surface area contributed by atoms with Crippen LogP contribution in [0.25, 0.3) is 5.69 Å². The van der Waals surface area contributed by atoms with Crippen LogP contribution in [0.2, 0.25) is 0 Å². The Kier molecular flexibility index (Phi) is 4.81. The molecule has 0 spiro atoms. The lowest BCUT2D eigenvalue weighted by Crippen LogP contribution is -2.53. The first-order chi connectivity index (χ1) is 11.9. The highest BCUT2D eigenvalue weighted by molar-refractivity contribution is 5.74. The Morgan fingerprint density at radius 2 is 2.00 bits per heavy atom. The van der Waals surface area contributed by atoms with E-state index in [0.717, 1.165) is 22.6 Å². The summed E-state index contributed by atoms with van der Waals surface area (Å²) in [4.78, 5) is 14.3. The summed E-state index contributed by atoms with van der Waals surface area (Å²) in [5, 5.41) is 7.66. The number of morpholine rings is 1. The Hall–Kier alpha value is -2.34. The number of carbonyl (C=O) groups is 1. The van der Waals surface area contributed by atoms with Gasteiger partial charge in [0, 0.05) is 24.3 Å². The maximum absolute atomic E-state index is 12.5. The number of hydrogen-bond donors (Lipinski definition) is 1. The molecule has 3 rings (SSSR count). The van der Waals surface area contributed by atoms with E-state index in [2.05, 4.69) is 10.4 Å². The van der Waals surface area contributed by atoms with Crippen molar-refractivity contribution >= 4 is 6.03 Å². The summed E-state index contributed by atoms with van der Waals surface area (Å²) in [6.45, 7) is 10.3. The fraction of sp³-hybridized carbons (Fsp3) is 0.474. The van der Waals surface area contributed by atoms with Crippen LogP contribution in [-0.2, 0) is 11.3 Å². The van der Waals surface area contributed by atoms with Crippen LogP contribution in [0, 0.1) is 13.8 Å².